The fourth-order valence-electron chi connectivity index (χ4n) is 1.70. The molecule has 5 heteroatoms. The average Bonchev–Trinajstić information content (AvgIpc) is 2.55. The van der Waals surface area contributed by atoms with Crippen LogP contribution in [0.4, 0.5) is 5.69 Å². The summed E-state index contributed by atoms with van der Waals surface area (Å²) in [6.45, 7) is 0. The maximum atomic E-state index is 12.1. The zero-order chi connectivity index (χ0) is 15.9. The van der Waals surface area contributed by atoms with Crippen molar-refractivity contribution < 1.29 is 4.79 Å². The fourth-order valence-corrected chi connectivity index (χ4v) is 1.83. The average molecular weight is 308 g/mol. The molecule has 0 atom stereocenters. The zero-order valence-electron chi connectivity index (χ0n) is 11.4. The quantitative estimate of drug-likeness (QED) is 0.693. The number of amides is 1. The molecule has 0 aliphatic heterocycles. The summed E-state index contributed by atoms with van der Waals surface area (Å²) in [5, 5.41) is 21.0. The minimum absolute atomic E-state index is 0.0281. The Balaban J connectivity index is 2.17. The second-order valence-electron chi connectivity index (χ2n) is 4.36. The Morgan fingerprint density at radius 3 is 2.23 bits per heavy atom. The van der Waals surface area contributed by atoms with E-state index in [0.717, 1.165) is 0 Å². The molecular weight excluding hydrogens is 298 g/mol. The minimum Gasteiger partial charge on any atom is -0.321 e. The highest BCUT2D eigenvalue weighted by atomic mass is 35.5. The summed E-state index contributed by atoms with van der Waals surface area (Å²) in [4.78, 5) is 12.1. The molecule has 0 aromatic heterocycles. The number of nitriles is 2. The molecule has 0 fully saturated rings. The fraction of sp³-hybridized carbons (Fsp3) is 0. The molecule has 2 rings (SSSR count). The van der Waals surface area contributed by atoms with E-state index in [1.54, 1.807) is 48.5 Å². The number of hydrogen-bond acceptors (Lipinski definition) is 3. The van der Waals surface area contributed by atoms with Crippen LogP contribution in [0.15, 0.2) is 54.1 Å². The lowest BCUT2D eigenvalue weighted by molar-refractivity contribution is -0.112. The first-order valence-corrected chi connectivity index (χ1v) is 6.69. The lowest BCUT2D eigenvalue weighted by atomic mass is 10.1. The molecule has 0 aliphatic rings. The molecule has 22 heavy (non-hydrogen) atoms. The molecule has 0 unspecified atom stereocenters. The van der Waals surface area contributed by atoms with E-state index in [1.807, 2.05) is 12.1 Å². The highest BCUT2D eigenvalue weighted by molar-refractivity contribution is 6.30. The van der Waals surface area contributed by atoms with Crippen LogP contribution in [-0.2, 0) is 4.79 Å². The lowest BCUT2D eigenvalue weighted by Crippen LogP contribution is -2.13. The third kappa shape index (κ3) is 3.96. The second kappa shape index (κ2) is 7.08. The third-order valence-electron chi connectivity index (χ3n) is 2.82. The van der Waals surface area contributed by atoms with Gasteiger partial charge in [0.25, 0.3) is 5.91 Å². The van der Waals surface area contributed by atoms with Crippen LogP contribution in [0.2, 0.25) is 5.02 Å². The van der Waals surface area contributed by atoms with Crippen LogP contribution in [0.3, 0.4) is 0 Å². The molecule has 1 N–H and O–H groups in total. The monoisotopic (exact) mass is 307 g/mol. The van der Waals surface area contributed by atoms with Crippen LogP contribution in [0.1, 0.15) is 11.1 Å². The normalized spacial score (nSPS) is 10.4. The number of nitrogens with one attached hydrogen (secondary N) is 1. The van der Waals surface area contributed by atoms with Gasteiger partial charge in [0, 0.05) is 10.7 Å². The van der Waals surface area contributed by atoms with Crippen molar-refractivity contribution in [2.24, 2.45) is 0 Å². The Hall–Kier alpha value is -3.08. The number of hydrogen-bond donors (Lipinski definition) is 1. The molecule has 0 radical (unpaired) electrons. The third-order valence-corrected chi connectivity index (χ3v) is 3.07. The van der Waals surface area contributed by atoms with E-state index in [-0.39, 0.29) is 5.57 Å². The molecular formula is C17H10ClN3O. The van der Waals surface area contributed by atoms with Crippen molar-refractivity contribution in [2.45, 2.75) is 0 Å². The Morgan fingerprint density at radius 1 is 1.05 bits per heavy atom. The van der Waals surface area contributed by atoms with Crippen LogP contribution in [0, 0.1) is 22.7 Å². The van der Waals surface area contributed by atoms with Crippen LogP contribution in [-0.4, -0.2) is 5.91 Å². The number of halogens is 1. The Morgan fingerprint density at radius 2 is 1.68 bits per heavy atom. The maximum absolute atomic E-state index is 12.1. The first kappa shape index (κ1) is 15.3. The molecule has 0 heterocycles. The smallest absolute Gasteiger partial charge is 0.266 e. The molecule has 0 spiro atoms. The number of nitrogens with zero attached hydrogens (tertiary/aromatic N) is 2. The largest absolute Gasteiger partial charge is 0.321 e. The first-order valence-electron chi connectivity index (χ1n) is 6.31. The molecule has 1 amide bonds. The number of carbonyl (C=O) groups excluding carboxylic acids is 1. The van der Waals surface area contributed by atoms with Gasteiger partial charge in [-0.1, -0.05) is 23.7 Å². The van der Waals surface area contributed by atoms with Gasteiger partial charge < -0.3 is 5.32 Å². The van der Waals surface area contributed by atoms with Crippen molar-refractivity contribution in [1.29, 1.82) is 10.5 Å². The topological polar surface area (TPSA) is 76.7 Å². The summed E-state index contributed by atoms with van der Waals surface area (Å²) in [6.07, 6.45) is 1.46. The highest BCUT2D eigenvalue weighted by Gasteiger charge is 2.09. The van der Waals surface area contributed by atoms with Gasteiger partial charge in [-0.15, -0.1) is 0 Å². The molecule has 0 aliphatic carbocycles. The van der Waals surface area contributed by atoms with E-state index in [9.17, 15) is 4.79 Å². The van der Waals surface area contributed by atoms with Gasteiger partial charge >= 0.3 is 0 Å². The molecule has 0 saturated carbocycles. The van der Waals surface area contributed by atoms with Crippen LogP contribution >= 0.6 is 11.6 Å². The first-order chi connectivity index (χ1) is 10.6. The molecule has 0 bridgehead atoms. The van der Waals surface area contributed by atoms with Gasteiger partial charge in [-0.2, -0.15) is 10.5 Å². The van der Waals surface area contributed by atoms with Crippen molar-refractivity contribution in [1.82, 2.24) is 0 Å². The van der Waals surface area contributed by atoms with Gasteiger partial charge in [-0.25, -0.2) is 0 Å². The SMILES string of the molecule is N#CC(=Cc1ccc(C#N)cc1)C(=O)Nc1ccc(Cl)cc1. The molecule has 2 aromatic carbocycles. The van der Waals surface area contributed by atoms with Crippen molar-refractivity contribution in [2.75, 3.05) is 5.32 Å². The summed E-state index contributed by atoms with van der Waals surface area (Å²) in [5.74, 6) is -0.505. The van der Waals surface area contributed by atoms with Gasteiger partial charge in [0.15, 0.2) is 0 Å². The van der Waals surface area contributed by atoms with Gasteiger partial charge in [0.05, 0.1) is 11.6 Å². The van der Waals surface area contributed by atoms with Crippen LogP contribution in [0.25, 0.3) is 6.08 Å². The predicted octanol–water partition coefficient (Wildman–Crippen LogP) is 3.76. The van der Waals surface area contributed by atoms with E-state index in [0.29, 0.717) is 21.8 Å². The van der Waals surface area contributed by atoms with Crippen molar-refractivity contribution >= 4 is 29.3 Å². The summed E-state index contributed by atoms with van der Waals surface area (Å²) in [7, 11) is 0. The maximum Gasteiger partial charge on any atom is 0.266 e. The van der Waals surface area contributed by atoms with Crippen molar-refractivity contribution in [3.8, 4) is 12.1 Å². The van der Waals surface area contributed by atoms with Crippen LogP contribution in [0.5, 0.6) is 0 Å². The summed E-state index contributed by atoms with van der Waals surface area (Å²) in [5.41, 5.74) is 1.71. The Kier molecular flexibility index (Phi) is 4.93. The van der Waals surface area contributed by atoms with E-state index >= 15 is 0 Å². The number of rotatable bonds is 3. The van der Waals surface area contributed by atoms with E-state index < -0.39 is 5.91 Å². The van der Waals surface area contributed by atoms with E-state index in [4.69, 9.17) is 22.1 Å². The molecule has 106 valence electrons. The predicted molar refractivity (Wildman–Crippen MR) is 84.8 cm³/mol. The van der Waals surface area contributed by atoms with Gasteiger partial charge in [0.2, 0.25) is 0 Å². The van der Waals surface area contributed by atoms with Gasteiger partial charge in [0.1, 0.15) is 11.6 Å². The number of benzene rings is 2. The molecule has 4 nitrogen and oxygen atoms in total. The van der Waals surface area contributed by atoms with E-state index in [1.165, 1.54) is 6.08 Å². The van der Waals surface area contributed by atoms with Crippen molar-refractivity contribution in [3.63, 3.8) is 0 Å². The number of carbonyl (C=O) groups is 1. The lowest BCUT2D eigenvalue weighted by Gasteiger charge is -2.04. The Bertz CT molecular complexity index is 794. The number of anilines is 1. The van der Waals surface area contributed by atoms with Crippen molar-refractivity contribution in [3.05, 3.63) is 70.3 Å². The second-order valence-corrected chi connectivity index (χ2v) is 4.80. The standard InChI is InChI=1S/C17H10ClN3O/c18-15-5-7-16(8-6-15)21-17(22)14(11-20)9-12-1-3-13(10-19)4-2-12/h1-9H,(H,21,22). The minimum atomic E-state index is -0.505. The van der Waals surface area contributed by atoms with Gasteiger partial charge in [-0.05, 0) is 48.0 Å². The summed E-state index contributed by atoms with van der Waals surface area (Å²) in [6, 6.07) is 17.1. The highest BCUT2D eigenvalue weighted by Crippen LogP contribution is 2.15. The summed E-state index contributed by atoms with van der Waals surface area (Å²) < 4.78 is 0. The van der Waals surface area contributed by atoms with Crippen LogP contribution < -0.4 is 5.32 Å². The summed E-state index contributed by atoms with van der Waals surface area (Å²) >= 11 is 5.77. The van der Waals surface area contributed by atoms with Gasteiger partial charge in [-0.3, -0.25) is 4.79 Å². The molecule has 2 aromatic rings. The zero-order valence-corrected chi connectivity index (χ0v) is 12.1. The van der Waals surface area contributed by atoms with E-state index in [2.05, 4.69) is 5.32 Å². The Labute approximate surface area is 132 Å². The molecule has 0 saturated heterocycles.